The number of ether oxygens (including phenoxy) is 1. The molecule has 0 saturated heterocycles. The largest absolute Gasteiger partial charge is 0.367 e. The number of hydrogen-bond acceptors (Lipinski definition) is 3. The Hall–Kier alpha value is -0.380. The summed E-state index contributed by atoms with van der Waals surface area (Å²) in [6.45, 7) is 0.891. The van der Waals surface area contributed by atoms with Crippen LogP contribution in [0.3, 0.4) is 0 Å². The van der Waals surface area contributed by atoms with Crippen molar-refractivity contribution in [3.05, 3.63) is 21.9 Å². The molecule has 2 atom stereocenters. The average molecular weight is 195 g/mol. The first kappa shape index (κ1) is 7.97. The second kappa shape index (κ2) is 2.56. The van der Waals surface area contributed by atoms with Gasteiger partial charge in [0.2, 0.25) is 0 Å². The molecular formula is C10H13NOS. The monoisotopic (exact) mass is 195 g/mol. The van der Waals surface area contributed by atoms with Gasteiger partial charge in [-0.1, -0.05) is 0 Å². The van der Waals surface area contributed by atoms with Crippen LogP contribution in [0.2, 0.25) is 0 Å². The standard InChI is InChI=1S/C10H13NOS/c1-11-8-6-10(8)9-7(2-4-12-10)3-5-13-9/h3,5,8,11H,2,4,6H2,1H3. The van der Waals surface area contributed by atoms with Gasteiger partial charge in [-0.05, 0) is 30.5 Å². The number of nitrogens with one attached hydrogen (secondary N) is 1. The topological polar surface area (TPSA) is 21.3 Å². The van der Waals surface area contributed by atoms with E-state index in [2.05, 4.69) is 16.8 Å². The van der Waals surface area contributed by atoms with Crippen LogP contribution in [0.15, 0.2) is 11.4 Å². The molecule has 1 aromatic heterocycles. The van der Waals surface area contributed by atoms with Crippen molar-refractivity contribution in [1.82, 2.24) is 5.32 Å². The molecule has 2 unspecified atom stereocenters. The highest BCUT2D eigenvalue weighted by molar-refractivity contribution is 7.10. The Morgan fingerprint density at radius 3 is 3.38 bits per heavy atom. The minimum Gasteiger partial charge on any atom is -0.367 e. The van der Waals surface area contributed by atoms with Gasteiger partial charge in [-0.15, -0.1) is 11.3 Å². The van der Waals surface area contributed by atoms with Gasteiger partial charge in [-0.3, -0.25) is 0 Å². The third kappa shape index (κ3) is 0.951. The molecule has 70 valence electrons. The lowest BCUT2D eigenvalue weighted by atomic mass is 10.1. The summed E-state index contributed by atoms with van der Waals surface area (Å²) in [5.41, 5.74) is 1.57. The van der Waals surface area contributed by atoms with Crippen LogP contribution in [0.1, 0.15) is 16.9 Å². The lowest BCUT2D eigenvalue weighted by Crippen LogP contribution is -2.28. The molecule has 0 aromatic carbocycles. The normalized spacial score (nSPS) is 36.2. The summed E-state index contributed by atoms with van der Waals surface area (Å²) in [6.07, 6.45) is 2.24. The van der Waals surface area contributed by atoms with Crippen LogP contribution in [-0.2, 0) is 16.8 Å². The van der Waals surface area contributed by atoms with Crippen molar-refractivity contribution in [3.8, 4) is 0 Å². The van der Waals surface area contributed by atoms with E-state index in [4.69, 9.17) is 4.74 Å². The second-order valence-electron chi connectivity index (χ2n) is 3.81. The maximum atomic E-state index is 5.91. The number of fused-ring (bicyclic) bond motifs is 2. The first-order valence-electron chi connectivity index (χ1n) is 4.75. The van der Waals surface area contributed by atoms with E-state index in [-0.39, 0.29) is 5.60 Å². The van der Waals surface area contributed by atoms with Gasteiger partial charge < -0.3 is 10.1 Å². The van der Waals surface area contributed by atoms with Crippen LogP contribution in [0.5, 0.6) is 0 Å². The van der Waals surface area contributed by atoms with Crippen LogP contribution >= 0.6 is 11.3 Å². The molecule has 2 heterocycles. The molecule has 2 aliphatic rings. The molecule has 1 aliphatic carbocycles. The van der Waals surface area contributed by atoms with Gasteiger partial charge in [0.15, 0.2) is 0 Å². The van der Waals surface area contributed by atoms with Crippen LogP contribution < -0.4 is 5.32 Å². The van der Waals surface area contributed by atoms with Crippen molar-refractivity contribution >= 4 is 11.3 Å². The molecule has 1 saturated carbocycles. The molecule has 13 heavy (non-hydrogen) atoms. The van der Waals surface area contributed by atoms with Gasteiger partial charge in [0, 0.05) is 17.3 Å². The summed E-state index contributed by atoms with van der Waals surface area (Å²) < 4.78 is 5.91. The van der Waals surface area contributed by atoms with Gasteiger partial charge in [0.25, 0.3) is 0 Å². The van der Waals surface area contributed by atoms with E-state index < -0.39 is 0 Å². The number of hydrogen-bond donors (Lipinski definition) is 1. The van der Waals surface area contributed by atoms with E-state index in [1.165, 1.54) is 10.4 Å². The molecule has 1 aromatic rings. The van der Waals surface area contributed by atoms with Crippen LogP contribution in [-0.4, -0.2) is 19.7 Å². The summed E-state index contributed by atoms with van der Waals surface area (Å²) in [6, 6.07) is 2.79. The molecule has 1 fully saturated rings. The van der Waals surface area contributed by atoms with E-state index in [9.17, 15) is 0 Å². The molecule has 1 N–H and O–H groups in total. The zero-order valence-electron chi connectivity index (χ0n) is 7.67. The van der Waals surface area contributed by atoms with E-state index in [0.29, 0.717) is 6.04 Å². The first-order valence-corrected chi connectivity index (χ1v) is 5.63. The predicted octanol–water partition coefficient (Wildman–Crippen LogP) is 1.51. The first-order chi connectivity index (χ1) is 6.37. The van der Waals surface area contributed by atoms with Crippen LogP contribution in [0.25, 0.3) is 0 Å². The Labute approximate surface area is 81.9 Å². The van der Waals surface area contributed by atoms with E-state index in [0.717, 1.165) is 19.4 Å². The minimum atomic E-state index is 0.0660. The van der Waals surface area contributed by atoms with Gasteiger partial charge in [-0.25, -0.2) is 0 Å². The Morgan fingerprint density at radius 2 is 2.62 bits per heavy atom. The molecule has 2 nitrogen and oxygen atoms in total. The van der Waals surface area contributed by atoms with Gasteiger partial charge in [-0.2, -0.15) is 0 Å². The van der Waals surface area contributed by atoms with Crippen molar-refractivity contribution in [2.24, 2.45) is 0 Å². The zero-order chi connectivity index (χ0) is 8.89. The van der Waals surface area contributed by atoms with Gasteiger partial charge in [0.05, 0.1) is 6.61 Å². The fourth-order valence-corrected chi connectivity index (χ4v) is 3.48. The lowest BCUT2D eigenvalue weighted by Gasteiger charge is -2.23. The Bertz CT molecular complexity index is 335. The number of likely N-dealkylation sites (N-methyl/N-ethyl adjacent to an activating group) is 1. The zero-order valence-corrected chi connectivity index (χ0v) is 8.49. The molecule has 3 heteroatoms. The Balaban J connectivity index is 2.02. The fraction of sp³-hybridized carbons (Fsp3) is 0.600. The van der Waals surface area contributed by atoms with Crippen molar-refractivity contribution in [3.63, 3.8) is 0 Å². The van der Waals surface area contributed by atoms with Crippen molar-refractivity contribution in [1.29, 1.82) is 0 Å². The summed E-state index contributed by atoms with van der Waals surface area (Å²) >= 11 is 1.85. The predicted molar refractivity (Wildman–Crippen MR) is 53.1 cm³/mol. The number of thiophene rings is 1. The van der Waals surface area contributed by atoms with Crippen LogP contribution in [0, 0.1) is 0 Å². The van der Waals surface area contributed by atoms with Crippen molar-refractivity contribution in [2.45, 2.75) is 24.5 Å². The third-order valence-electron chi connectivity index (χ3n) is 3.12. The maximum Gasteiger partial charge on any atom is 0.119 e. The average Bonchev–Trinajstić information content (AvgIpc) is 2.61. The molecule has 0 radical (unpaired) electrons. The molecule has 3 rings (SSSR count). The summed E-state index contributed by atoms with van der Waals surface area (Å²) in [5, 5.41) is 5.50. The Morgan fingerprint density at radius 1 is 1.69 bits per heavy atom. The highest BCUT2D eigenvalue weighted by Crippen LogP contribution is 2.54. The quantitative estimate of drug-likeness (QED) is 0.733. The minimum absolute atomic E-state index is 0.0660. The van der Waals surface area contributed by atoms with Crippen molar-refractivity contribution < 1.29 is 4.74 Å². The van der Waals surface area contributed by atoms with Crippen LogP contribution in [0.4, 0.5) is 0 Å². The third-order valence-corrected chi connectivity index (χ3v) is 4.24. The maximum absolute atomic E-state index is 5.91. The highest BCUT2D eigenvalue weighted by atomic mass is 32.1. The summed E-state index contributed by atoms with van der Waals surface area (Å²) in [4.78, 5) is 1.47. The van der Waals surface area contributed by atoms with Gasteiger partial charge >= 0.3 is 0 Å². The fourth-order valence-electron chi connectivity index (χ4n) is 2.30. The SMILES string of the molecule is CNC1CC12OCCc1ccsc12. The molecule has 0 amide bonds. The molecular weight excluding hydrogens is 182 g/mol. The molecule has 1 aliphatic heterocycles. The second-order valence-corrected chi connectivity index (χ2v) is 4.72. The van der Waals surface area contributed by atoms with E-state index in [1.807, 2.05) is 18.4 Å². The Kier molecular flexibility index (Phi) is 1.57. The van der Waals surface area contributed by atoms with Gasteiger partial charge in [0.1, 0.15) is 5.60 Å². The van der Waals surface area contributed by atoms with Crippen molar-refractivity contribution in [2.75, 3.05) is 13.7 Å². The smallest absolute Gasteiger partial charge is 0.119 e. The molecule has 1 spiro atoms. The summed E-state index contributed by atoms with van der Waals surface area (Å²) in [7, 11) is 2.02. The number of rotatable bonds is 1. The van der Waals surface area contributed by atoms with E-state index >= 15 is 0 Å². The highest BCUT2D eigenvalue weighted by Gasteiger charge is 2.59. The lowest BCUT2D eigenvalue weighted by molar-refractivity contribution is 0.0161. The molecule has 0 bridgehead atoms. The van der Waals surface area contributed by atoms with E-state index in [1.54, 1.807) is 0 Å². The summed E-state index contributed by atoms with van der Waals surface area (Å²) in [5.74, 6) is 0.